The van der Waals surface area contributed by atoms with Gasteiger partial charge in [0.1, 0.15) is 0 Å². The molecule has 2 heterocycles. The second kappa shape index (κ2) is 7.19. The average molecular weight is 299 g/mol. The molecule has 0 spiro atoms. The van der Waals surface area contributed by atoms with Gasteiger partial charge in [-0.25, -0.2) is 0 Å². The van der Waals surface area contributed by atoms with Gasteiger partial charge in [-0.3, -0.25) is 4.21 Å². The van der Waals surface area contributed by atoms with Crippen molar-refractivity contribution in [3.63, 3.8) is 0 Å². The first-order valence-corrected chi connectivity index (χ1v) is 9.36. The highest BCUT2D eigenvalue weighted by Gasteiger charge is 2.15. The summed E-state index contributed by atoms with van der Waals surface area (Å²) in [6.07, 6.45) is 2.71. The minimum Gasteiger partial charge on any atom is -0.305 e. The zero-order valence-corrected chi connectivity index (χ0v) is 12.7. The predicted molar refractivity (Wildman–Crippen MR) is 82.0 cm³/mol. The molecule has 0 bridgehead atoms. The van der Waals surface area contributed by atoms with Crippen molar-refractivity contribution in [2.75, 3.05) is 18.6 Å². The van der Waals surface area contributed by atoms with Gasteiger partial charge in [-0.2, -0.15) is 0 Å². The molecule has 5 heteroatoms. The Labute approximate surface area is 119 Å². The summed E-state index contributed by atoms with van der Waals surface area (Å²) in [7, 11) is -0.688. The molecule has 2 rings (SSSR count). The highest BCUT2D eigenvalue weighted by atomic mass is 32.2. The molecule has 2 nitrogen and oxygen atoms in total. The second-order valence-corrected chi connectivity index (χ2v) is 7.56. The Kier molecular flexibility index (Phi) is 5.56. The van der Waals surface area contributed by atoms with E-state index in [0.29, 0.717) is 0 Å². The third kappa shape index (κ3) is 4.02. The molecule has 0 amide bonds. The summed E-state index contributed by atoms with van der Waals surface area (Å²) in [6, 6.07) is 8.79. The fourth-order valence-corrected chi connectivity index (χ4v) is 4.04. The Morgan fingerprint density at radius 3 is 2.28 bits per heavy atom. The first-order valence-electron chi connectivity index (χ1n) is 5.87. The third-order valence-electron chi connectivity index (χ3n) is 2.61. The second-order valence-electron chi connectivity index (χ2n) is 4.05. The molecule has 98 valence electrons. The molecule has 0 aromatic carbocycles. The molecule has 1 atom stereocenters. The molecule has 0 saturated heterocycles. The first-order chi connectivity index (χ1) is 8.77. The van der Waals surface area contributed by atoms with Gasteiger partial charge in [-0.05, 0) is 35.9 Å². The maximum atomic E-state index is 11.0. The fourth-order valence-electron chi connectivity index (χ4n) is 1.77. The molecule has 2 aromatic rings. The van der Waals surface area contributed by atoms with E-state index in [2.05, 4.69) is 40.3 Å². The maximum Gasteiger partial charge on any atom is 0.0764 e. The van der Waals surface area contributed by atoms with Gasteiger partial charge in [0, 0.05) is 32.6 Å². The number of rotatable bonds is 7. The van der Waals surface area contributed by atoms with Gasteiger partial charge in [0.2, 0.25) is 0 Å². The standard InChI is InChI=1S/C13H17NOS3/c1-18(15)10-4-7-14-13(11-5-2-8-16-11)12-6-3-9-17-12/h2-3,5-6,8-9,13-14H,4,7,10H2,1H3. The summed E-state index contributed by atoms with van der Waals surface area (Å²) in [6.45, 7) is 0.903. The predicted octanol–water partition coefficient (Wildman–Crippen LogP) is 3.26. The van der Waals surface area contributed by atoms with E-state index < -0.39 is 10.8 Å². The van der Waals surface area contributed by atoms with Crippen LogP contribution in [-0.4, -0.2) is 22.8 Å². The summed E-state index contributed by atoms with van der Waals surface area (Å²) in [5, 5.41) is 7.79. The molecule has 1 unspecified atom stereocenters. The van der Waals surface area contributed by atoms with Crippen LogP contribution < -0.4 is 5.32 Å². The SMILES string of the molecule is CS(=O)CCCNC(c1cccs1)c1cccs1. The van der Waals surface area contributed by atoms with Gasteiger partial charge in [0.05, 0.1) is 6.04 Å². The summed E-state index contributed by atoms with van der Waals surface area (Å²) in [4.78, 5) is 2.69. The number of hydrogen-bond donors (Lipinski definition) is 1. The highest BCUT2D eigenvalue weighted by molar-refractivity contribution is 7.84. The molecule has 0 aliphatic heterocycles. The zero-order valence-electron chi connectivity index (χ0n) is 10.3. The third-order valence-corrected chi connectivity index (χ3v) is 5.35. The average Bonchev–Trinajstić information content (AvgIpc) is 3.01. The molecule has 0 aliphatic carbocycles. The Morgan fingerprint density at radius 2 is 1.83 bits per heavy atom. The van der Waals surface area contributed by atoms with Gasteiger partial charge < -0.3 is 5.32 Å². The summed E-state index contributed by atoms with van der Waals surface area (Å²) < 4.78 is 11.0. The maximum absolute atomic E-state index is 11.0. The van der Waals surface area contributed by atoms with Crippen LogP contribution in [0.5, 0.6) is 0 Å². The van der Waals surface area contributed by atoms with E-state index in [4.69, 9.17) is 0 Å². The molecule has 2 aromatic heterocycles. The number of thiophene rings is 2. The zero-order chi connectivity index (χ0) is 12.8. The molecule has 1 N–H and O–H groups in total. The lowest BCUT2D eigenvalue weighted by Crippen LogP contribution is -2.23. The van der Waals surface area contributed by atoms with Gasteiger partial charge in [-0.15, -0.1) is 22.7 Å². The number of nitrogens with one attached hydrogen (secondary N) is 1. The molecular formula is C13H17NOS3. The Bertz CT molecular complexity index is 430. The minimum absolute atomic E-state index is 0.287. The van der Waals surface area contributed by atoms with Crippen LogP contribution >= 0.6 is 22.7 Å². The van der Waals surface area contributed by atoms with Crippen molar-refractivity contribution < 1.29 is 4.21 Å². The minimum atomic E-state index is -0.688. The fraction of sp³-hybridized carbons (Fsp3) is 0.385. The van der Waals surface area contributed by atoms with Crippen LogP contribution in [0.3, 0.4) is 0 Å². The monoisotopic (exact) mass is 299 g/mol. The highest BCUT2D eigenvalue weighted by Crippen LogP contribution is 2.28. The van der Waals surface area contributed by atoms with Crippen molar-refractivity contribution in [2.24, 2.45) is 0 Å². The largest absolute Gasteiger partial charge is 0.305 e. The van der Waals surface area contributed by atoms with E-state index in [1.54, 1.807) is 28.9 Å². The van der Waals surface area contributed by atoms with Gasteiger partial charge in [0.25, 0.3) is 0 Å². The molecule has 0 radical (unpaired) electrons. The first kappa shape index (κ1) is 13.9. The quantitative estimate of drug-likeness (QED) is 0.795. The lowest BCUT2D eigenvalue weighted by Gasteiger charge is -2.15. The Morgan fingerprint density at radius 1 is 1.22 bits per heavy atom. The van der Waals surface area contributed by atoms with Crippen molar-refractivity contribution in [2.45, 2.75) is 12.5 Å². The van der Waals surface area contributed by atoms with Crippen LogP contribution in [0.4, 0.5) is 0 Å². The van der Waals surface area contributed by atoms with E-state index in [1.165, 1.54) is 9.75 Å². The molecule has 0 saturated carbocycles. The van der Waals surface area contributed by atoms with E-state index in [-0.39, 0.29) is 6.04 Å². The van der Waals surface area contributed by atoms with Gasteiger partial charge >= 0.3 is 0 Å². The van der Waals surface area contributed by atoms with Crippen LogP contribution in [0, 0.1) is 0 Å². The Balaban J connectivity index is 1.96. The van der Waals surface area contributed by atoms with Crippen molar-refractivity contribution >= 4 is 33.5 Å². The smallest absolute Gasteiger partial charge is 0.0764 e. The van der Waals surface area contributed by atoms with Crippen molar-refractivity contribution in [3.05, 3.63) is 44.8 Å². The van der Waals surface area contributed by atoms with Gasteiger partial charge in [0.15, 0.2) is 0 Å². The topological polar surface area (TPSA) is 29.1 Å². The normalized spacial score (nSPS) is 13.0. The molecule has 0 aliphatic rings. The molecular weight excluding hydrogens is 282 g/mol. The molecule has 18 heavy (non-hydrogen) atoms. The van der Waals surface area contributed by atoms with E-state index in [9.17, 15) is 4.21 Å². The van der Waals surface area contributed by atoms with Crippen molar-refractivity contribution in [3.8, 4) is 0 Å². The van der Waals surface area contributed by atoms with Crippen LogP contribution in [0.15, 0.2) is 35.0 Å². The van der Waals surface area contributed by atoms with Crippen LogP contribution in [-0.2, 0) is 10.8 Å². The van der Waals surface area contributed by atoms with Crippen molar-refractivity contribution in [1.82, 2.24) is 5.32 Å². The van der Waals surface area contributed by atoms with Gasteiger partial charge in [-0.1, -0.05) is 12.1 Å². The molecule has 0 fully saturated rings. The van der Waals surface area contributed by atoms with Crippen LogP contribution in [0.25, 0.3) is 0 Å². The van der Waals surface area contributed by atoms with E-state index >= 15 is 0 Å². The lowest BCUT2D eigenvalue weighted by molar-refractivity contribution is 0.611. The van der Waals surface area contributed by atoms with Crippen LogP contribution in [0.2, 0.25) is 0 Å². The lowest BCUT2D eigenvalue weighted by atomic mass is 10.2. The van der Waals surface area contributed by atoms with E-state index in [1.807, 2.05) is 0 Å². The summed E-state index contributed by atoms with van der Waals surface area (Å²) in [5.74, 6) is 0.772. The van der Waals surface area contributed by atoms with E-state index in [0.717, 1.165) is 18.7 Å². The Hall–Kier alpha value is -0.490. The summed E-state index contributed by atoms with van der Waals surface area (Å²) in [5.41, 5.74) is 0. The summed E-state index contributed by atoms with van der Waals surface area (Å²) >= 11 is 3.56. The van der Waals surface area contributed by atoms with Crippen molar-refractivity contribution in [1.29, 1.82) is 0 Å². The van der Waals surface area contributed by atoms with Crippen LogP contribution in [0.1, 0.15) is 22.2 Å². The number of hydrogen-bond acceptors (Lipinski definition) is 4.